The zero-order valence-electron chi connectivity index (χ0n) is 19.7. The fourth-order valence-electron chi connectivity index (χ4n) is 4.59. The Morgan fingerprint density at radius 2 is 1.14 bits per heavy atom. The Kier molecular flexibility index (Phi) is 14.4. The van der Waals surface area contributed by atoms with Crippen molar-refractivity contribution in [1.82, 2.24) is 0 Å². The molecule has 1 aromatic rings. The van der Waals surface area contributed by atoms with E-state index in [-0.39, 0.29) is 0 Å². The third-order valence-electron chi connectivity index (χ3n) is 6.06. The van der Waals surface area contributed by atoms with Crippen molar-refractivity contribution in [3.63, 3.8) is 0 Å². The van der Waals surface area contributed by atoms with E-state index in [1.807, 2.05) is 0 Å². The van der Waals surface area contributed by atoms with E-state index < -0.39 is 0 Å². The van der Waals surface area contributed by atoms with Gasteiger partial charge >= 0.3 is 0 Å². The van der Waals surface area contributed by atoms with Crippen molar-refractivity contribution in [2.24, 2.45) is 5.92 Å². The zero-order chi connectivity index (χ0) is 20.5. The average molecular weight is 389 g/mol. The largest absolute Gasteiger partial charge is 0.325 e. The van der Waals surface area contributed by atoms with Gasteiger partial charge in [-0.1, -0.05) is 128 Å². The predicted octanol–water partition coefficient (Wildman–Crippen LogP) is 8.38. The molecular weight excluding hydrogens is 338 g/mol. The lowest BCUT2D eigenvalue weighted by Gasteiger charge is -2.32. The highest BCUT2D eigenvalue weighted by atomic mass is 15.3. The van der Waals surface area contributed by atoms with Crippen molar-refractivity contribution in [1.29, 1.82) is 0 Å². The van der Waals surface area contributed by atoms with Gasteiger partial charge in [-0.2, -0.15) is 0 Å². The first-order valence-corrected chi connectivity index (χ1v) is 12.4. The van der Waals surface area contributed by atoms with E-state index in [2.05, 4.69) is 58.3 Å². The Balaban J connectivity index is 1.94. The Hall–Kier alpha value is -0.820. The maximum atomic E-state index is 2.45. The summed E-state index contributed by atoms with van der Waals surface area (Å²) in [7, 11) is 4.76. The van der Waals surface area contributed by atoms with E-state index in [0.29, 0.717) is 0 Å². The molecule has 1 unspecified atom stereocenters. The molecular formula is C27H50N+. The van der Waals surface area contributed by atoms with Crippen molar-refractivity contribution in [2.45, 2.75) is 110 Å². The van der Waals surface area contributed by atoms with Crippen LogP contribution in [0.5, 0.6) is 0 Å². The van der Waals surface area contributed by atoms with E-state index in [9.17, 15) is 0 Å². The molecule has 0 aromatic heterocycles. The number of unbranched alkanes of at least 4 members (excludes halogenated alkanes) is 12. The smallest absolute Gasteiger partial charge is 0.104 e. The molecule has 0 saturated heterocycles. The Labute approximate surface area is 177 Å². The van der Waals surface area contributed by atoms with Crippen molar-refractivity contribution in [3.05, 3.63) is 35.9 Å². The second-order valence-electron chi connectivity index (χ2n) is 9.90. The van der Waals surface area contributed by atoms with E-state index in [1.165, 1.54) is 102 Å². The molecule has 0 spiro atoms. The topological polar surface area (TPSA) is 0 Å². The van der Waals surface area contributed by atoms with Crippen molar-refractivity contribution in [3.8, 4) is 0 Å². The summed E-state index contributed by atoms with van der Waals surface area (Å²) in [6.45, 7) is 7.18. The highest BCUT2D eigenvalue weighted by Gasteiger charge is 2.19. The van der Waals surface area contributed by atoms with Gasteiger partial charge in [0.05, 0.1) is 20.6 Å². The highest BCUT2D eigenvalue weighted by molar-refractivity contribution is 5.13. The van der Waals surface area contributed by atoms with Crippen LogP contribution in [-0.4, -0.2) is 25.1 Å². The van der Waals surface area contributed by atoms with Crippen molar-refractivity contribution < 1.29 is 4.48 Å². The van der Waals surface area contributed by atoms with Gasteiger partial charge in [-0.05, 0) is 6.42 Å². The summed E-state index contributed by atoms with van der Waals surface area (Å²) in [6.07, 6.45) is 20.2. The quantitative estimate of drug-likeness (QED) is 0.175. The van der Waals surface area contributed by atoms with Gasteiger partial charge in [0.15, 0.2) is 0 Å². The Bertz CT molecular complexity index is 451. The first kappa shape index (κ1) is 25.2. The molecule has 162 valence electrons. The molecule has 0 amide bonds. The molecule has 1 aromatic carbocycles. The standard InChI is InChI=1S/C27H50N/c1-5-6-7-8-9-10-11-12-13-14-15-16-18-21-26(2)24-28(3,4)25-27-22-19-17-20-23-27/h17,19-20,22-23,26H,5-16,18,21,24-25H2,1-4H3/q+1. The predicted molar refractivity (Wildman–Crippen MR) is 127 cm³/mol. The molecule has 1 heteroatoms. The van der Waals surface area contributed by atoms with Gasteiger partial charge in [-0.3, -0.25) is 0 Å². The number of quaternary nitrogens is 1. The lowest BCUT2D eigenvalue weighted by molar-refractivity contribution is -0.906. The van der Waals surface area contributed by atoms with E-state index in [1.54, 1.807) is 0 Å². The third kappa shape index (κ3) is 14.2. The van der Waals surface area contributed by atoms with E-state index in [4.69, 9.17) is 0 Å². The summed E-state index contributed by atoms with van der Waals surface area (Å²) in [5.41, 5.74) is 1.46. The highest BCUT2D eigenvalue weighted by Crippen LogP contribution is 2.18. The summed E-state index contributed by atoms with van der Waals surface area (Å²) in [5.74, 6) is 0.825. The maximum absolute atomic E-state index is 2.45. The molecule has 1 nitrogen and oxygen atoms in total. The SMILES string of the molecule is CCCCCCCCCCCCCCCC(C)C[N+](C)(C)Cc1ccccc1. The molecule has 1 atom stereocenters. The molecule has 0 N–H and O–H groups in total. The lowest BCUT2D eigenvalue weighted by atomic mass is 10.00. The summed E-state index contributed by atoms with van der Waals surface area (Å²) < 4.78 is 1.10. The molecule has 0 fully saturated rings. The normalized spacial score (nSPS) is 13.0. The van der Waals surface area contributed by atoms with Gasteiger partial charge in [0.25, 0.3) is 0 Å². The van der Waals surface area contributed by atoms with Gasteiger partial charge in [0.1, 0.15) is 6.54 Å². The van der Waals surface area contributed by atoms with Crippen LogP contribution in [0.4, 0.5) is 0 Å². The number of hydrogen-bond donors (Lipinski definition) is 0. The molecule has 0 aliphatic rings. The first-order valence-electron chi connectivity index (χ1n) is 12.4. The first-order chi connectivity index (χ1) is 13.5. The molecule has 0 saturated carbocycles. The Morgan fingerprint density at radius 1 is 0.679 bits per heavy atom. The summed E-state index contributed by atoms with van der Waals surface area (Å²) >= 11 is 0. The Morgan fingerprint density at radius 3 is 1.64 bits per heavy atom. The number of nitrogens with zero attached hydrogens (tertiary/aromatic N) is 1. The van der Waals surface area contributed by atoms with Crippen LogP contribution in [0.25, 0.3) is 0 Å². The van der Waals surface area contributed by atoms with Crippen LogP contribution in [0.2, 0.25) is 0 Å². The molecule has 1 rings (SSSR count). The third-order valence-corrected chi connectivity index (χ3v) is 6.06. The van der Waals surface area contributed by atoms with Crippen LogP contribution in [0.15, 0.2) is 30.3 Å². The van der Waals surface area contributed by atoms with Crippen molar-refractivity contribution >= 4 is 0 Å². The van der Waals surface area contributed by atoms with Gasteiger partial charge < -0.3 is 4.48 Å². The van der Waals surface area contributed by atoms with Crippen LogP contribution < -0.4 is 0 Å². The second-order valence-corrected chi connectivity index (χ2v) is 9.90. The second kappa shape index (κ2) is 16.0. The molecule has 28 heavy (non-hydrogen) atoms. The van der Waals surface area contributed by atoms with Crippen molar-refractivity contribution in [2.75, 3.05) is 20.6 Å². The minimum Gasteiger partial charge on any atom is -0.325 e. The minimum absolute atomic E-state index is 0.825. The number of hydrogen-bond acceptors (Lipinski definition) is 0. The molecule has 0 radical (unpaired) electrons. The minimum atomic E-state index is 0.825. The van der Waals surface area contributed by atoms with Gasteiger partial charge in [-0.25, -0.2) is 0 Å². The summed E-state index contributed by atoms with van der Waals surface area (Å²) in [5, 5.41) is 0. The summed E-state index contributed by atoms with van der Waals surface area (Å²) in [4.78, 5) is 0. The fourth-order valence-corrected chi connectivity index (χ4v) is 4.59. The summed E-state index contributed by atoms with van der Waals surface area (Å²) in [6, 6.07) is 11.0. The average Bonchev–Trinajstić information content (AvgIpc) is 2.65. The van der Waals surface area contributed by atoms with E-state index in [0.717, 1.165) is 16.9 Å². The molecule has 0 aliphatic heterocycles. The monoisotopic (exact) mass is 388 g/mol. The van der Waals surface area contributed by atoms with Crippen LogP contribution in [0, 0.1) is 5.92 Å². The van der Waals surface area contributed by atoms with Gasteiger partial charge in [0, 0.05) is 11.5 Å². The molecule has 0 aliphatic carbocycles. The van der Waals surface area contributed by atoms with Crippen LogP contribution in [0.3, 0.4) is 0 Å². The van der Waals surface area contributed by atoms with Gasteiger partial charge in [0.2, 0.25) is 0 Å². The lowest BCUT2D eigenvalue weighted by Crippen LogP contribution is -2.42. The number of benzene rings is 1. The zero-order valence-corrected chi connectivity index (χ0v) is 19.7. The maximum Gasteiger partial charge on any atom is 0.104 e. The van der Waals surface area contributed by atoms with Crippen LogP contribution >= 0.6 is 0 Å². The number of rotatable bonds is 18. The molecule has 0 bridgehead atoms. The fraction of sp³-hybridized carbons (Fsp3) is 0.778. The van der Waals surface area contributed by atoms with Gasteiger partial charge in [-0.15, -0.1) is 0 Å². The van der Waals surface area contributed by atoms with Crippen LogP contribution in [0.1, 0.15) is 109 Å². The molecule has 0 heterocycles. The van der Waals surface area contributed by atoms with Crippen LogP contribution in [-0.2, 0) is 6.54 Å². The van der Waals surface area contributed by atoms with E-state index >= 15 is 0 Å².